The van der Waals surface area contributed by atoms with Crippen molar-refractivity contribution < 1.29 is 0 Å². The van der Waals surface area contributed by atoms with Crippen molar-refractivity contribution in [1.82, 2.24) is 15.6 Å². The third kappa shape index (κ3) is 4.97. The number of guanidine groups is 1. The van der Waals surface area contributed by atoms with Crippen molar-refractivity contribution in [2.45, 2.75) is 52.5 Å². The van der Waals surface area contributed by atoms with Gasteiger partial charge in [-0.05, 0) is 51.7 Å². The van der Waals surface area contributed by atoms with E-state index in [2.05, 4.69) is 60.7 Å². The molecule has 4 nitrogen and oxygen atoms in total. The van der Waals surface area contributed by atoms with E-state index in [0.29, 0.717) is 6.54 Å². The van der Waals surface area contributed by atoms with Gasteiger partial charge in [0.2, 0.25) is 0 Å². The second kappa shape index (κ2) is 9.17. The van der Waals surface area contributed by atoms with E-state index in [1.807, 2.05) is 6.92 Å². The van der Waals surface area contributed by atoms with Gasteiger partial charge in [-0.15, -0.1) is 35.3 Å². The first kappa shape index (κ1) is 21.2. The largest absolute Gasteiger partial charge is 0.357 e. The molecule has 0 atom stereocenters. The summed E-state index contributed by atoms with van der Waals surface area (Å²) in [7, 11) is 0. The third-order valence-corrected chi connectivity index (χ3v) is 5.95. The van der Waals surface area contributed by atoms with Crippen molar-refractivity contribution in [2.75, 3.05) is 13.1 Å². The van der Waals surface area contributed by atoms with Crippen molar-refractivity contribution in [2.24, 2.45) is 4.99 Å². The standard InChI is InChI=1S/C20H28N4S.HI/c1-5-21-19(22-12-18-15(3)24-16(4)25-18)23-13-20(10-11-20)17-9-7-6-8-14(17)2;/h6-9H,5,10-13H2,1-4H3,(H2,21,22,23);1H. The second-order valence-corrected chi connectivity index (χ2v) is 8.17. The van der Waals surface area contributed by atoms with Crippen molar-refractivity contribution in [3.63, 3.8) is 0 Å². The van der Waals surface area contributed by atoms with E-state index in [4.69, 9.17) is 4.99 Å². The molecule has 1 saturated carbocycles. The summed E-state index contributed by atoms with van der Waals surface area (Å²) in [5.41, 5.74) is 4.24. The van der Waals surface area contributed by atoms with Crippen LogP contribution in [0.2, 0.25) is 0 Å². The third-order valence-electron chi connectivity index (χ3n) is 4.89. The molecule has 2 aromatic rings. The highest BCUT2D eigenvalue weighted by Gasteiger charge is 2.44. The number of nitrogens with zero attached hydrogens (tertiary/aromatic N) is 2. The van der Waals surface area contributed by atoms with Crippen LogP contribution in [0, 0.1) is 20.8 Å². The number of hydrogen-bond acceptors (Lipinski definition) is 3. The van der Waals surface area contributed by atoms with Crippen LogP contribution in [0.4, 0.5) is 0 Å². The minimum absolute atomic E-state index is 0. The number of halogens is 1. The minimum atomic E-state index is 0. The van der Waals surface area contributed by atoms with E-state index in [1.165, 1.54) is 28.8 Å². The van der Waals surface area contributed by atoms with Crippen molar-refractivity contribution in [3.8, 4) is 0 Å². The summed E-state index contributed by atoms with van der Waals surface area (Å²) in [5.74, 6) is 0.896. The van der Waals surface area contributed by atoms with E-state index < -0.39 is 0 Å². The summed E-state index contributed by atoms with van der Waals surface area (Å²) in [5, 5.41) is 8.05. The molecule has 1 aliphatic rings. The van der Waals surface area contributed by atoms with Crippen molar-refractivity contribution >= 4 is 41.3 Å². The average molecular weight is 484 g/mol. The Hall–Kier alpha value is -1.15. The van der Waals surface area contributed by atoms with E-state index in [9.17, 15) is 0 Å². The molecule has 0 amide bonds. The minimum Gasteiger partial charge on any atom is -0.357 e. The molecule has 1 aromatic heterocycles. The van der Waals surface area contributed by atoms with Gasteiger partial charge in [0.15, 0.2) is 5.96 Å². The highest BCUT2D eigenvalue weighted by Crippen LogP contribution is 2.48. The van der Waals surface area contributed by atoms with Crippen LogP contribution in [-0.2, 0) is 12.0 Å². The molecule has 0 unspecified atom stereocenters. The Morgan fingerprint density at radius 1 is 1.19 bits per heavy atom. The van der Waals surface area contributed by atoms with Gasteiger partial charge in [-0.3, -0.25) is 0 Å². The van der Waals surface area contributed by atoms with Gasteiger partial charge < -0.3 is 10.6 Å². The van der Waals surface area contributed by atoms with Gasteiger partial charge in [0.25, 0.3) is 0 Å². The normalized spacial score (nSPS) is 15.3. The molecule has 26 heavy (non-hydrogen) atoms. The summed E-state index contributed by atoms with van der Waals surface area (Å²) < 4.78 is 0. The lowest BCUT2D eigenvalue weighted by Gasteiger charge is -2.20. The number of benzene rings is 1. The molecule has 1 heterocycles. The van der Waals surface area contributed by atoms with E-state index >= 15 is 0 Å². The quantitative estimate of drug-likeness (QED) is 0.361. The predicted molar refractivity (Wildman–Crippen MR) is 122 cm³/mol. The molecule has 0 aliphatic heterocycles. The van der Waals surface area contributed by atoms with Gasteiger partial charge in [0.1, 0.15) is 0 Å². The Balaban J connectivity index is 0.00000243. The van der Waals surface area contributed by atoms with Crippen LogP contribution in [0.3, 0.4) is 0 Å². The summed E-state index contributed by atoms with van der Waals surface area (Å²) in [6, 6.07) is 8.75. The topological polar surface area (TPSA) is 49.3 Å². The highest BCUT2D eigenvalue weighted by molar-refractivity contribution is 14.0. The molecule has 0 spiro atoms. The fourth-order valence-corrected chi connectivity index (χ4v) is 4.19. The summed E-state index contributed by atoms with van der Waals surface area (Å²) in [4.78, 5) is 10.5. The summed E-state index contributed by atoms with van der Waals surface area (Å²) >= 11 is 1.74. The molecule has 142 valence electrons. The molecule has 1 aromatic carbocycles. The van der Waals surface area contributed by atoms with Crippen LogP contribution >= 0.6 is 35.3 Å². The van der Waals surface area contributed by atoms with Gasteiger partial charge in [0, 0.05) is 23.4 Å². The smallest absolute Gasteiger partial charge is 0.191 e. The van der Waals surface area contributed by atoms with Gasteiger partial charge in [-0.25, -0.2) is 9.98 Å². The molecular formula is C20H29IN4S. The lowest BCUT2D eigenvalue weighted by molar-refractivity contribution is 0.642. The predicted octanol–water partition coefficient (Wildman–Crippen LogP) is 4.47. The number of aromatic nitrogens is 1. The zero-order valence-electron chi connectivity index (χ0n) is 16.1. The molecule has 3 rings (SSSR count). The molecular weight excluding hydrogens is 455 g/mol. The average Bonchev–Trinajstić information content (AvgIpc) is 3.30. The fourth-order valence-electron chi connectivity index (χ4n) is 3.33. The number of thiazole rings is 1. The summed E-state index contributed by atoms with van der Waals surface area (Å²) in [6.45, 7) is 10.9. The Morgan fingerprint density at radius 3 is 2.50 bits per heavy atom. The van der Waals surface area contributed by atoms with E-state index in [0.717, 1.165) is 29.8 Å². The zero-order chi connectivity index (χ0) is 17.9. The number of aliphatic imine (C=N–C) groups is 1. The highest BCUT2D eigenvalue weighted by atomic mass is 127. The van der Waals surface area contributed by atoms with Crippen LogP contribution in [-0.4, -0.2) is 24.0 Å². The van der Waals surface area contributed by atoms with Crippen LogP contribution in [0.1, 0.15) is 46.5 Å². The first-order chi connectivity index (χ1) is 12.0. The van der Waals surface area contributed by atoms with Crippen molar-refractivity contribution in [1.29, 1.82) is 0 Å². The summed E-state index contributed by atoms with van der Waals surface area (Å²) in [6.07, 6.45) is 2.49. The van der Waals surface area contributed by atoms with Gasteiger partial charge in [-0.2, -0.15) is 0 Å². The number of rotatable bonds is 6. The Bertz CT molecular complexity index is 765. The second-order valence-electron chi connectivity index (χ2n) is 6.89. The van der Waals surface area contributed by atoms with Crippen molar-refractivity contribution in [3.05, 3.63) is 51.0 Å². The molecule has 0 radical (unpaired) electrons. The van der Waals surface area contributed by atoms with Crippen LogP contribution in [0.5, 0.6) is 0 Å². The zero-order valence-corrected chi connectivity index (χ0v) is 19.2. The number of nitrogens with one attached hydrogen (secondary N) is 2. The maximum atomic E-state index is 4.77. The van der Waals surface area contributed by atoms with Crippen LogP contribution < -0.4 is 10.6 Å². The molecule has 1 fully saturated rings. The van der Waals surface area contributed by atoms with Gasteiger partial charge in [-0.1, -0.05) is 24.3 Å². The SMILES string of the molecule is CCNC(=NCc1sc(C)nc1C)NCC1(c2ccccc2C)CC1.I. The number of aryl methyl sites for hydroxylation is 3. The first-order valence-corrected chi connectivity index (χ1v) is 9.87. The monoisotopic (exact) mass is 484 g/mol. The van der Waals surface area contributed by atoms with E-state index in [1.54, 1.807) is 11.3 Å². The van der Waals surface area contributed by atoms with Gasteiger partial charge in [0.05, 0.1) is 17.2 Å². The Labute approximate surface area is 177 Å². The lowest BCUT2D eigenvalue weighted by atomic mass is 9.92. The Kier molecular flexibility index (Phi) is 7.46. The number of hydrogen-bond donors (Lipinski definition) is 2. The molecule has 0 bridgehead atoms. The Morgan fingerprint density at radius 2 is 1.92 bits per heavy atom. The molecule has 1 aliphatic carbocycles. The molecule has 6 heteroatoms. The van der Waals surface area contributed by atoms with E-state index in [-0.39, 0.29) is 29.4 Å². The first-order valence-electron chi connectivity index (χ1n) is 9.05. The molecule has 2 N–H and O–H groups in total. The maximum absolute atomic E-state index is 4.77. The molecule has 0 saturated heterocycles. The van der Waals surface area contributed by atoms with Crippen LogP contribution in [0.25, 0.3) is 0 Å². The van der Waals surface area contributed by atoms with Gasteiger partial charge >= 0.3 is 0 Å². The fraction of sp³-hybridized carbons (Fsp3) is 0.500. The maximum Gasteiger partial charge on any atom is 0.191 e. The lowest BCUT2D eigenvalue weighted by Crippen LogP contribution is -2.41. The van der Waals surface area contributed by atoms with Crippen LogP contribution in [0.15, 0.2) is 29.3 Å².